The topological polar surface area (TPSA) is 42.7 Å². The lowest BCUT2D eigenvalue weighted by molar-refractivity contribution is 0.429. The second-order valence-corrected chi connectivity index (χ2v) is 5.20. The third-order valence-corrected chi connectivity index (χ3v) is 3.64. The van der Waals surface area contributed by atoms with Gasteiger partial charge in [0.25, 0.3) is 0 Å². The van der Waals surface area contributed by atoms with Crippen LogP contribution in [0.4, 0.5) is 0 Å². The van der Waals surface area contributed by atoms with Crippen LogP contribution in [0, 0.1) is 6.92 Å². The molecule has 0 spiro atoms. The summed E-state index contributed by atoms with van der Waals surface area (Å²) in [6.07, 6.45) is 2.63. The van der Waals surface area contributed by atoms with Crippen LogP contribution in [-0.4, -0.2) is 28.6 Å². The predicted molar refractivity (Wildman–Crippen MR) is 77.9 cm³/mol. The van der Waals surface area contributed by atoms with E-state index in [0.29, 0.717) is 10.0 Å². The molecule has 0 radical (unpaired) electrons. The van der Waals surface area contributed by atoms with Crippen molar-refractivity contribution < 1.29 is 0 Å². The molecule has 1 unspecified atom stereocenters. The van der Waals surface area contributed by atoms with Crippen molar-refractivity contribution in [1.82, 2.24) is 20.3 Å². The van der Waals surface area contributed by atoms with Gasteiger partial charge in [-0.3, -0.25) is 0 Å². The van der Waals surface area contributed by atoms with Crippen molar-refractivity contribution in [2.45, 2.75) is 19.4 Å². The number of halogens is 2. The number of nitrogens with zero attached hydrogens (tertiary/aromatic N) is 3. The van der Waals surface area contributed by atoms with Gasteiger partial charge in [0.2, 0.25) is 0 Å². The van der Waals surface area contributed by atoms with E-state index in [4.69, 9.17) is 23.2 Å². The molecule has 19 heavy (non-hydrogen) atoms. The number of hydrogen-bond acceptors (Lipinski definition) is 3. The standard InChI is InChI=1S/C13H16Cl2N4/c1-9-8-17-19(18-9)13(5-6-16-2)10-3-4-11(14)12(15)7-10/h3-4,7-8,13,16H,5-6H2,1-2H3. The van der Waals surface area contributed by atoms with Gasteiger partial charge in [0.15, 0.2) is 0 Å². The van der Waals surface area contributed by atoms with Crippen molar-refractivity contribution >= 4 is 23.2 Å². The Morgan fingerprint density at radius 1 is 1.32 bits per heavy atom. The van der Waals surface area contributed by atoms with Crippen molar-refractivity contribution in [3.63, 3.8) is 0 Å². The van der Waals surface area contributed by atoms with Crippen molar-refractivity contribution in [3.05, 3.63) is 45.7 Å². The highest BCUT2D eigenvalue weighted by molar-refractivity contribution is 6.42. The summed E-state index contributed by atoms with van der Waals surface area (Å²) in [5.41, 5.74) is 1.95. The smallest absolute Gasteiger partial charge is 0.0978 e. The molecule has 6 heteroatoms. The monoisotopic (exact) mass is 298 g/mol. The van der Waals surface area contributed by atoms with Gasteiger partial charge < -0.3 is 5.32 Å². The highest BCUT2D eigenvalue weighted by Gasteiger charge is 2.16. The molecule has 0 bridgehead atoms. The van der Waals surface area contributed by atoms with Crippen LogP contribution in [0.15, 0.2) is 24.4 Å². The van der Waals surface area contributed by atoms with Crippen molar-refractivity contribution in [1.29, 1.82) is 0 Å². The Bertz CT molecular complexity index is 553. The van der Waals surface area contributed by atoms with Gasteiger partial charge in [-0.05, 0) is 44.6 Å². The molecule has 0 fully saturated rings. The van der Waals surface area contributed by atoms with Gasteiger partial charge in [0.1, 0.15) is 0 Å². The summed E-state index contributed by atoms with van der Waals surface area (Å²) in [5, 5.41) is 12.9. The lowest BCUT2D eigenvalue weighted by Crippen LogP contribution is -2.19. The van der Waals surface area contributed by atoms with E-state index in [1.807, 2.05) is 32.2 Å². The largest absolute Gasteiger partial charge is 0.320 e. The maximum absolute atomic E-state index is 6.09. The Labute approximate surface area is 122 Å². The Balaban J connectivity index is 2.33. The van der Waals surface area contributed by atoms with E-state index in [9.17, 15) is 0 Å². The first-order valence-electron chi connectivity index (χ1n) is 6.10. The summed E-state index contributed by atoms with van der Waals surface area (Å²) >= 11 is 12.0. The Morgan fingerprint density at radius 3 is 2.68 bits per heavy atom. The number of aromatic nitrogens is 3. The van der Waals surface area contributed by atoms with Crippen LogP contribution in [0.1, 0.15) is 23.7 Å². The van der Waals surface area contributed by atoms with Gasteiger partial charge in [-0.2, -0.15) is 15.0 Å². The molecule has 0 aliphatic carbocycles. The first-order chi connectivity index (χ1) is 9.11. The highest BCUT2D eigenvalue weighted by atomic mass is 35.5. The molecule has 1 N–H and O–H groups in total. The molecule has 0 saturated carbocycles. The average Bonchev–Trinajstić information content (AvgIpc) is 2.80. The summed E-state index contributed by atoms with van der Waals surface area (Å²) in [5.74, 6) is 0. The molecule has 0 aliphatic heterocycles. The fourth-order valence-corrected chi connectivity index (χ4v) is 2.23. The van der Waals surface area contributed by atoms with Crippen LogP contribution >= 0.6 is 23.2 Å². The molecule has 0 amide bonds. The van der Waals surface area contributed by atoms with Crippen molar-refractivity contribution in [3.8, 4) is 0 Å². The Kier molecular flexibility index (Phi) is 4.80. The lowest BCUT2D eigenvalue weighted by Gasteiger charge is -2.17. The van der Waals surface area contributed by atoms with Crippen LogP contribution in [0.3, 0.4) is 0 Å². The van der Waals surface area contributed by atoms with E-state index < -0.39 is 0 Å². The molecule has 0 saturated heterocycles. The zero-order valence-corrected chi connectivity index (χ0v) is 12.4. The van der Waals surface area contributed by atoms with Crippen LogP contribution < -0.4 is 5.32 Å². The third kappa shape index (κ3) is 3.47. The van der Waals surface area contributed by atoms with E-state index >= 15 is 0 Å². The molecule has 102 valence electrons. The predicted octanol–water partition coefficient (Wildman–Crippen LogP) is 3.09. The zero-order valence-electron chi connectivity index (χ0n) is 10.9. The van der Waals surface area contributed by atoms with Crippen molar-refractivity contribution in [2.24, 2.45) is 0 Å². The zero-order chi connectivity index (χ0) is 13.8. The van der Waals surface area contributed by atoms with Gasteiger partial charge in [0, 0.05) is 0 Å². The van der Waals surface area contributed by atoms with Crippen LogP contribution in [0.2, 0.25) is 10.0 Å². The van der Waals surface area contributed by atoms with Gasteiger partial charge >= 0.3 is 0 Å². The second-order valence-electron chi connectivity index (χ2n) is 4.39. The molecule has 0 aliphatic rings. The molecule has 1 atom stereocenters. The fourth-order valence-electron chi connectivity index (χ4n) is 1.92. The maximum atomic E-state index is 6.09. The molecule has 1 aromatic heterocycles. The van der Waals surface area contributed by atoms with E-state index in [1.54, 1.807) is 11.0 Å². The van der Waals surface area contributed by atoms with E-state index in [2.05, 4.69) is 15.5 Å². The SMILES string of the molecule is CNCCC(c1ccc(Cl)c(Cl)c1)n1ncc(C)n1. The minimum Gasteiger partial charge on any atom is -0.320 e. The summed E-state index contributed by atoms with van der Waals surface area (Å²) < 4.78 is 0. The minimum absolute atomic E-state index is 0.0518. The van der Waals surface area contributed by atoms with E-state index in [1.165, 1.54) is 0 Å². The molecule has 4 nitrogen and oxygen atoms in total. The van der Waals surface area contributed by atoms with Crippen LogP contribution in [-0.2, 0) is 0 Å². The molecule has 1 aromatic carbocycles. The number of aryl methyl sites for hydroxylation is 1. The summed E-state index contributed by atoms with van der Waals surface area (Å²) in [6.45, 7) is 2.79. The summed E-state index contributed by atoms with van der Waals surface area (Å²) in [6, 6.07) is 5.70. The van der Waals surface area contributed by atoms with Crippen LogP contribution in [0.25, 0.3) is 0 Å². The Morgan fingerprint density at radius 2 is 2.11 bits per heavy atom. The van der Waals surface area contributed by atoms with Crippen molar-refractivity contribution in [2.75, 3.05) is 13.6 Å². The number of hydrogen-bond donors (Lipinski definition) is 1. The molecular weight excluding hydrogens is 283 g/mol. The van der Waals surface area contributed by atoms with Crippen LogP contribution in [0.5, 0.6) is 0 Å². The fraction of sp³-hybridized carbons (Fsp3) is 0.385. The molecule has 1 heterocycles. The van der Waals surface area contributed by atoms with Gasteiger partial charge in [-0.1, -0.05) is 29.3 Å². The summed E-state index contributed by atoms with van der Waals surface area (Å²) in [4.78, 5) is 1.73. The second kappa shape index (κ2) is 6.37. The maximum Gasteiger partial charge on any atom is 0.0978 e. The third-order valence-electron chi connectivity index (χ3n) is 2.90. The normalized spacial score (nSPS) is 12.6. The minimum atomic E-state index is 0.0518. The number of rotatable bonds is 5. The highest BCUT2D eigenvalue weighted by Crippen LogP contribution is 2.28. The molecular formula is C13H16Cl2N4. The van der Waals surface area contributed by atoms with E-state index in [0.717, 1.165) is 24.2 Å². The first-order valence-corrected chi connectivity index (χ1v) is 6.85. The average molecular weight is 299 g/mol. The van der Waals surface area contributed by atoms with Gasteiger partial charge in [-0.15, -0.1) is 0 Å². The summed E-state index contributed by atoms with van der Waals surface area (Å²) in [7, 11) is 1.92. The quantitative estimate of drug-likeness (QED) is 0.922. The number of benzene rings is 1. The molecule has 2 rings (SSSR count). The van der Waals surface area contributed by atoms with Gasteiger partial charge in [0.05, 0.1) is 28.0 Å². The lowest BCUT2D eigenvalue weighted by atomic mass is 10.0. The van der Waals surface area contributed by atoms with Gasteiger partial charge in [-0.25, -0.2) is 0 Å². The Hall–Kier alpha value is -1.10. The first kappa shape index (κ1) is 14.3. The molecule has 2 aromatic rings. The van der Waals surface area contributed by atoms with E-state index in [-0.39, 0.29) is 6.04 Å². The number of nitrogens with one attached hydrogen (secondary N) is 1.